The van der Waals surface area contributed by atoms with Gasteiger partial charge >= 0.3 is 0 Å². The zero-order valence-electron chi connectivity index (χ0n) is 24.6. The lowest BCUT2D eigenvalue weighted by molar-refractivity contribution is 0.0931. The summed E-state index contributed by atoms with van der Waals surface area (Å²) in [5.41, 5.74) is 13.0. The van der Waals surface area contributed by atoms with Crippen molar-refractivity contribution in [2.45, 2.75) is 44.3 Å². The number of anilines is 2. The van der Waals surface area contributed by atoms with Crippen LogP contribution in [0.15, 0.2) is 63.5 Å². The largest absolute Gasteiger partial charge is 0.394 e. The number of carbonyl (C=O) groups is 2. The number of nitrogens with one attached hydrogen (secondary N) is 4. The molecule has 2 unspecified atom stereocenters. The third kappa shape index (κ3) is 6.56. The Balaban J connectivity index is 0.00000128. The van der Waals surface area contributed by atoms with Crippen LogP contribution in [-0.2, 0) is 19.4 Å². The Morgan fingerprint density at radius 2 is 1.64 bits per heavy atom. The summed E-state index contributed by atoms with van der Waals surface area (Å²) in [6, 6.07) is 12.8. The van der Waals surface area contributed by atoms with Gasteiger partial charge in [0.25, 0.3) is 22.7 Å². The summed E-state index contributed by atoms with van der Waals surface area (Å²) >= 11 is 0. The molecule has 0 saturated heterocycles. The fourth-order valence-electron chi connectivity index (χ4n) is 5.70. The van der Waals surface area contributed by atoms with Gasteiger partial charge in [0.15, 0.2) is 0 Å². The molecule has 0 saturated carbocycles. The molecule has 2 aliphatic carbocycles. The van der Waals surface area contributed by atoms with Crippen molar-refractivity contribution < 1.29 is 9.59 Å². The molecule has 45 heavy (non-hydrogen) atoms. The first kappa shape index (κ1) is 31.0. The Kier molecular flexibility index (Phi) is 9.25. The minimum Gasteiger partial charge on any atom is -0.394 e. The van der Waals surface area contributed by atoms with Crippen LogP contribution < -0.4 is 49.7 Å². The lowest BCUT2D eigenvalue weighted by Gasteiger charge is -2.18. The molecule has 10 N–H and O–H groups in total. The Morgan fingerprint density at radius 1 is 0.933 bits per heavy atom. The van der Waals surface area contributed by atoms with Gasteiger partial charge in [0.2, 0.25) is 0 Å². The molecule has 232 valence electrons. The number of nitrogens with zero attached hydrogens (tertiary/aromatic N) is 3. The van der Waals surface area contributed by atoms with E-state index in [1.165, 1.54) is 12.4 Å². The Morgan fingerprint density at radius 3 is 2.38 bits per heavy atom. The highest BCUT2D eigenvalue weighted by Gasteiger charge is 2.28. The second kappa shape index (κ2) is 13.4. The van der Waals surface area contributed by atoms with Crippen molar-refractivity contribution in [1.82, 2.24) is 26.0 Å². The van der Waals surface area contributed by atoms with E-state index in [4.69, 9.17) is 11.6 Å². The van der Waals surface area contributed by atoms with Crippen LogP contribution in [0, 0.1) is 0 Å². The van der Waals surface area contributed by atoms with Gasteiger partial charge in [-0.05, 0) is 72.2 Å². The highest BCUT2D eigenvalue weighted by atomic mass is 16.2. The molecule has 0 radical (unpaired) electrons. The lowest BCUT2D eigenvalue weighted by atomic mass is 10.0. The van der Waals surface area contributed by atoms with Crippen LogP contribution >= 0.6 is 0 Å². The number of benzene rings is 2. The maximum absolute atomic E-state index is 13.0. The van der Waals surface area contributed by atoms with Gasteiger partial charge in [0, 0.05) is 12.6 Å². The summed E-state index contributed by atoms with van der Waals surface area (Å²) in [5.74, 6) is 9.01. The lowest BCUT2D eigenvalue weighted by Crippen LogP contribution is -2.37. The fourth-order valence-corrected chi connectivity index (χ4v) is 5.70. The molecule has 1 heterocycles. The molecule has 1 aromatic heterocycles. The molecule has 14 heteroatoms. The van der Waals surface area contributed by atoms with Crippen molar-refractivity contribution in [3.8, 4) is 0 Å². The first-order valence-electron chi connectivity index (χ1n) is 14.4. The van der Waals surface area contributed by atoms with Gasteiger partial charge < -0.3 is 27.5 Å². The van der Waals surface area contributed by atoms with Crippen LogP contribution in [0.2, 0.25) is 0 Å². The van der Waals surface area contributed by atoms with Crippen molar-refractivity contribution in [2.24, 2.45) is 16.8 Å². The van der Waals surface area contributed by atoms with Gasteiger partial charge in [0.05, 0.1) is 18.3 Å². The molecule has 2 atom stereocenters. The third-order valence-electron chi connectivity index (χ3n) is 7.91. The number of nitrogens with two attached hydrogens (primary N) is 3. The molecule has 0 spiro atoms. The number of fused-ring (bicyclic) bond motifs is 2. The number of aryl methyl sites for hydroxylation is 2. The van der Waals surface area contributed by atoms with E-state index >= 15 is 0 Å². The number of amides is 2. The molecule has 0 fully saturated rings. The van der Waals surface area contributed by atoms with E-state index in [1.54, 1.807) is 13.3 Å². The molecule has 6 rings (SSSR count). The fraction of sp³-hybridized carbons (Fsp3) is 0.258. The van der Waals surface area contributed by atoms with Gasteiger partial charge in [0.1, 0.15) is 29.1 Å². The maximum Gasteiger partial charge on any atom is 0.270 e. The number of hydrogen-bond acceptors (Lipinski definition) is 12. The highest BCUT2D eigenvalue weighted by Crippen LogP contribution is 2.35. The summed E-state index contributed by atoms with van der Waals surface area (Å²) in [7, 11) is 1.65. The number of carbonyl (C=O) groups excluding carboxylic acids is 2. The Hall–Kier alpha value is -5.47. The summed E-state index contributed by atoms with van der Waals surface area (Å²) < 4.78 is 0. The average Bonchev–Trinajstić information content (AvgIpc) is 3.65. The van der Waals surface area contributed by atoms with E-state index in [0.717, 1.165) is 59.1 Å². The number of hydrazone groups is 1. The summed E-state index contributed by atoms with van der Waals surface area (Å²) in [4.78, 5) is 57.4. The normalized spacial score (nSPS) is 16.5. The summed E-state index contributed by atoms with van der Waals surface area (Å²) in [6.07, 6.45) is 5.91. The van der Waals surface area contributed by atoms with E-state index in [0.29, 0.717) is 0 Å². The standard InChI is InChI=1S/C30H28N8O4.CH6N2/c31-25-26(28(40)27(25)39)37-22-7-4-17-3-1-16(10-20(17)22)12-33-29(41)23-11-24(35-14-34-23)30(42)38-21-8-5-18-9-15(13-36-32)2-6-19(18)21;1-3-2/h1-3,6,9-11,13-14,21-22,37H,4-5,7-8,12,31-32H2,(H,33,41)(H,38,42);3H,2H2,1H3/b36-13+;. The van der Waals surface area contributed by atoms with Crippen LogP contribution in [0.3, 0.4) is 0 Å². The van der Waals surface area contributed by atoms with Gasteiger partial charge in [-0.25, -0.2) is 9.97 Å². The van der Waals surface area contributed by atoms with Gasteiger partial charge in [-0.3, -0.25) is 30.4 Å². The first-order valence-corrected chi connectivity index (χ1v) is 14.4. The summed E-state index contributed by atoms with van der Waals surface area (Å²) in [6.45, 7) is 0.225. The van der Waals surface area contributed by atoms with Crippen LogP contribution in [-0.4, -0.2) is 35.0 Å². The van der Waals surface area contributed by atoms with Crippen molar-refractivity contribution in [2.75, 3.05) is 18.1 Å². The van der Waals surface area contributed by atoms with E-state index in [-0.39, 0.29) is 41.4 Å². The van der Waals surface area contributed by atoms with Gasteiger partial charge in [-0.15, -0.1) is 0 Å². The Labute approximate surface area is 258 Å². The number of hydrogen-bond donors (Lipinski definition) is 7. The molecular formula is C31H34N10O4. The average molecular weight is 611 g/mol. The molecule has 4 aromatic rings. The predicted octanol–water partition coefficient (Wildman–Crippen LogP) is 0.474. The molecule has 0 bridgehead atoms. The van der Waals surface area contributed by atoms with Crippen molar-refractivity contribution in [1.29, 1.82) is 0 Å². The van der Waals surface area contributed by atoms with E-state index < -0.39 is 22.7 Å². The SMILES string of the molecule is CNN.N/N=C/c1ccc2c(c1)CCC2NC(=O)c1cc(C(=O)NCc2ccc3c(c2)C(Nc2c(N)c(=O)c2=O)CC3)ncn1. The van der Waals surface area contributed by atoms with Crippen LogP contribution in [0.5, 0.6) is 0 Å². The van der Waals surface area contributed by atoms with Crippen molar-refractivity contribution >= 4 is 29.4 Å². The van der Waals surface area contributed by atoms with Crippen LogP contribution in [0.1, 0.15) is 79.3 Å². The third-order valence-corrected chi connectivity index (χ3v) is 7.91. The topological polar surface area (TPSA) is 233 Å². The monoisotopic (exact) mass is 610 g/mol. The van der Waals surface area contributed by atoms with E-state index in [1.807, 2.05) is 36.4 Å². The summed E-state index contributed by atoms with van der Waals surface area (Å²) in [5, 5.41) is 12.5. The van der Waals surface area contributed by atoms with Crippen LogP contribution in [0.4, 0.5) is 11.4 Å². The molecule has 2 aliphatic rings. The van der Waals surface area contributed by atoms with Gasteiger partial charge in [-0.2, -0.15) is 5.10 Å². The predicted molar refractivity (Wildman–Crippen MR) is 170 cm³/mol. The zero-order valence-corrected chi connectivity index (χ0v) is 24.6. The first-order chi connectivity index (χ1) is 21.7. The number of aromatic nitrogens is 2. The van der Waals surface area contributed by atoms with E-state index in [2.05, 4.69) is 42.3 Å². The highest BCUT2D eigenvalue weighted by molar-refractivity contribution is 5.97. The minimum absolute atomic E-state index is 0.0322. The molecule has 2 amide bonds. The number of rotatable bonds is 8. The van der Waals surface area contributed by atoms with E-state index in [9.17, 15) is 19.2 Å². The van der Waals surface area contributed by atoms with Crippen LogP contribution in [0.25, 0.3) is 0 Å². The molecule has 0 aliphatic heterocycles. The minimum atomic E-state index is -0.658. The number of hydrazine groups is 1. The Bertz CT molecular complexity index is 1850. The second-order valence-corrected chi connectivity index (χ2v) is 10.8. The molecule has 14 nitrogen and oxygen atoms in total. The number of nitrogen functional groups attached to an aromatic ring is 1. The smallest absolute Gasteiger partial charge is 0.270 e. The maximum atomic E-state index is 13.0. The zero-order chi connectivity index (χ0) is 32.1. The van der Waals surface area contributed by atoms with Crippen molar-refractivity contribution in [3.05, 3.63) is 114 Å². The molecule has 3 aromatic carbocycles. The van der Waals surface area contributed by atoms with Gasteiger partial charge in [-0.1, -0.05) is 30.3 Å². The second-order valence-electron chi connectivity index (χ2n) is 10.8. The van der Waals surface area contributed by atoms with Crippen molar-refractivity contribution in [3.63, 3.8) is 0 Å². The molecular weight excluding hydrogens is 576 g/mol. The quantitative estimate of drug-likeness (QED) is 0.0627.